The van der Waals surface area contributed by atoms with Crippen molar-refractivity contribution >= 4 is 11.8 Å². The van der Waals surface area contributed by atoms with E-state index < -0.39 is 0 Å². The number of aryl methyl sites for hydroxylation is 2. The lowest BCUT2D eigenvalue weighted by Gasteiger charge is -2.04. The molecule has 0 unspecified atom stereocenters. The maximum atomic E-state index is 5.17. The highest BCUT2D eigenvalue weighted by Gasteiger charge is 2.07. The molecule has 4 heteroatoms. The van der Waals surface area contributed by atoms with Crippen LogP contribution in [0.1, 0.15) is 17.0 Å². The Morgan fingerprint density at radius 2 is 2.25 bits per heavy atom. The Bertz CT molecular complexity index is 376. The van der Waals surface area contributed by atoms with Gasteiger partial charge >= 0.3 is 0 Å². The summed E-state index contributed by atoms with van der Waals surface area (Å²) in [4.78, 5) is 0. The lowest BCUT2D eigenvalue weighted by molar-refractivity contribution is 0.713. The molecule has 1 aromatic heterocycles. The third kappa shape index (κ3) is 3.58. The summed E-state index contributed by atoms with van der Waals surface area (Å²) in [6, 6.07) is 0. The first kappa shape index (κ1) is 13.1. The van der Waals surface area contributed by atoms with E-state index in [9.17, 15) is 0 Å². The molecule has 0 saturated carbocycles. The second-order valence-corrected chi connectivity index (χ2v) is 4.81. The van der Waals surface area contributed by atoms with Crippen LogP contribution in [0, 0.1) is 26.2 Å². The Balaban J connectivity index is 2.30. The van der Waals surface area contributed by atoms with Gasteiger partial charge in [0.25, 0.3) is 0 Å². The highest BCUT2D eigenvalue weighted by Crippen LogP contribution is 2.11. The fraction of sp³-hybridized carbons (Fsp3) is 0.583. The fourth-order valence-electron chi connectivity index (χ4n) is 1.56. The first-order valence-electron chi connectivity index (χ1n) is 5.37. The number of nitrogens with zero attached hydrogens (tertiary/aromatic N) is 2. The van der Waals surface area contributed by atoms with E-state index in [0.717, 1.165) is 30.3 Å². The van der Waals surface area contributed by atoms with Crippen LogP contribution < -0.4 is 5.32 Å². The number of hydrogen-bond acceptors (Lipinski definition) is 3. The topological polar surface area (TPSA) is 29.9 Å². The Morgan fingerprint density at radius 3 is 2.81 bits per heavy atom. The van der Waals surface area contributed by atoms with Crippen molar-refractivity contribution in [2.24, 2.45) is 7.05 Å². The van der Waals surface area contributed by atoms with Gasteiger partial charge in [0.1, 0.15) is 0 Å². The van der Waals surface area contributed by atoms with Crippen molar-refractivity contribution in [3.05, 3.63) is 17.0 Å². The molecule has 0 fully saturated rings. The fourth-order valence-corrected chi connectivity index (χ4v) is 2.11. The van der Waals surface area contributed by atoms with E-state index in [1.165, 1.54) is 11.3 Å². The number of terminal acetylenes is 1. The van der Waals surface area contributed by atoms with Crippen molar-refractivity contribution in [3.8, 4) is 12.3 Å². The van der Waals surface area contributed by atoms with Crippen LogP contribution in [0.4, 0.5) is 0 Å². The van der Waals surface area contributed by atoms with Gasteiger partial charge in [0, 0.05) is 37.1 Å². The Morgan fingerprint density at radius 1 is 1.50 bits per heavy atom. The molecule has 0 bridgehead atoms. The van der Waals surface area contributed by atoms with Crippen LogP contribution in [0.3, 0.4) is 0 Å². The first-order valence-corrected chi connectivity index (χ1v) is 6.53. The summed E-state index contributed by atoms with van der Waals surface area (Å²) in [5, 5.41) is 7.80. The van der Waals surface area contributed by atoms with Gasteiger partial charge in [-0.25, -0.2) is 0 Å². The van der Waals surface area contributed by atoms with Crippen LogP contribution in [-0.2, 0) is 13.6 Å². The van der Waals surface area contributed by atoms with Gasteiger partial charge in [0.05, 0.1) is 11.4 Å². The van der Waals surface area contributed by atoms with Crippen molar-refractivity contribution in [1.29, 1.82) is 0 Å². The van der Waals surface area contributed by atoms with Gasteiger partial charge in [-0.3, -0.25) is 4.68 Å². The smallest absolute Gasteiger partial charge is 0.0641 e. The Labute approximate surface area is 102 Å². The highest BCUT2D eigenvalue weighted by atomic mass is 32.2. The molecule has 3 nitrogen and oxygen atoms in total. The van der Waals surface area contributed by atoms with Crippen LogP contribution in [0.25, 0.3) is 0 Å². The normalized spacial score (nSPS) is 10.4. The quantitative estimate of drug-likeness (QED) is 0.600. The van der Waals surface area contributed by atoms with Crippen LogP contribution in [0.5, 0.6) is 0 Å². The van der Waals surface area contributed by atoms with Crippen molar-refractivity contribution < 1.29 is 0 Å². The van der Waals surface area contributed by atoms with Crippen LogP contribution in [-0.4, -0.2) is 27.8 Å². The molecule has 0 spiro atoms. The minimum absolute atomic E-state index is 0.798. The van der Waals surface area contributed by atoms with E-state index in [2.05, 4.69) is 30.2 Å². The van der Waals surface area contributed by atoms with Crippen LogP contribution in [0.2, 0.25) is 0 Å². The molecule has 0 aliphatic carbocycles. The van der Waals surface area contributed by atoms with Gasteiger partial charge in [0.15, 0.2) is 0 Å². The average Bonchev–Trinajstić information content (AvgIpc) is 2.49. The molecule has 16 heavy (non-hydrogen) atoms. The van der Waals surface area contributed by atoms with Crippen molar-refractivity contribution in [2.45, 2.75) is 20.4 Å². The van der Waals surface area contributed by atoms with Gasteiger partial charge in [-0.1, -0.05) is 5.92 Å². The number of nitrogens with one attached hydrogen (secondary N) is 1. The molecular weight excluding hydrogens is 218 g/mol. The molecule has 0 aliphatic rings. The third-order valence-electron chi connectivity index (χ3n) is 2.57. The maximum absolute atomic E-state index is 5.17. The molecule has 0 amide bonds. The first-order chi connectivity index (χ1) is 7.66. The van der Waals surface area contributed by atoms with Gasteiger partial charge in [-0.15, -0.1) is 18.2 Å². The van der Waals surface area contributed by atoms with Gasteiger partial charge in [-0.05, 0) is 13.8 Å². The van der Waals surface area contributed by atoms with E-state index in [1.807, 2.05) is 11.7 Å². The summed E-state index contributed by atoms with van der Waals surface area (Å²) in [5.41, 5.74) is 3.66. The second kappa shape index (κ2) is 6.62. The molecule has 1 aromatic rings. The van der Waals surface area contributed by atoms with Gasteiger partial charge < -0.3 is 5.32 Å². The predicted molar refractivity (Wildman–Crippen MR) is 70.5 cm³/mol. The zero-order valence-corrected chi connectivity index (χ0v) is 11.0. The van der Waals surface area contributed by atoms with Crippen LogP contribution in [0.15, 0.2) is 0 Å². The third-order valence-corrected chi connectivity index (χ3v) is 3.43. The van der Waals surface area contributed by atoms with Crippen molar-refractivity contribution in [2.75, 3.05) is 18.1 Å². The Hall–Kier alpha value is -0.920. The van der Waals surface area contributed by atoms with E-state index in [4.69, 9.17) is 6.42 Å². The standard InChI is InChI=1S/C12H19N3S/c1-5-7-16-8-6-13-9-12-10(2)14-15(4)11(12)3/h1,13H,6-9H2,2-4H3. The summed E-state index contributed by atoms with van der Waals surface area (Å²) in [6.45, 7) is 6.03. The number of rotatable bonds is 6. The zero-order valence-electron chi connectivity index (χ0n) is 10.2. The van der Waals surface area contributed by atoms with E-state index >= 15 is 0 Å². The minimum Gasteiger partial charge on any atom is -0.312 e. The average molecular weight is 237 g/mol. The zero-order chi connectivity index (χ0) is 12.0. The molecule has 0 atom stereocenters. The summed E-state index contributed by atoms with van der Waals surface area (Å²) < 4.78 is 1.93. The monoisotopic (exact) mass is 237 g/mol. The molecule has 1 N–H and O–H groups in total. The molecule has 88 valence electrons. The summed E-state index contributed by atoms with van der Waals surface area (Å²) in [5.74, 6) is 4.48. The lowest BCUT2D eigenvalue weighted by Crippen LogP contribution is -2.17. The molecule has 1 heterocycles. The Kier molecular flexibility index (Phi) is 5.44. The minimum atomic E-state index is 0.798. The summed E-state index contributed by atoms with van der Waals surface area (Å²) in [6.07, 6.45) is 5.17. The summed E-state index contributed by atoms with van der Waals surface area (Å²) >= 11 is 1.78. The predicted octanol–water partition coefficient (Wildman–Crippen LogP) is 1.49. The molecular formula is C12H19N3S. The van der Waals surface area contributed by atoms with Gasteiger partial charge in [0.2, 0.25) is 0 Å². The lowest BCUT2D eigenvalue weighted by atomic mass is 10.2. The molecule has 0 saturated heterocycles. The number of thioether (sulfide) groups is 1. The second-order valence-electron chi connectivity index (χ2n) is 3.71. The highest BCUT2D eigenvalue weighted by molar-refractivity contribution is 7.99. The molecule has 0 radical (unpaired) electrons. The summed E-state index contributed by atoms with van der Waals surface area (Å²) in [7, 11) is 1.98. The number of hydrogen-bond donors (Lipinski definition) is 1. The number of aromatic nitrogens is 2. The largest absolute Gasteiger partial charge is 0.312 e. The molecule has 1 rings (SSSR count). The maximum Gasteiger partial charge on any atom is 0.0641 e. The molecule has 0 aromatic carbocycles. The SMILES string of the molecule is C#CCSCCNCc1c(C)nn(C)c1C. The van der Waals surface area contributed by atoms with E-state index in [-0.39, 0.29) is 0 Å². The van der Waals surface area contributed by atoms with Crippen molar-refractivity contribution in [1.82, 2.24) is 15.1 Å². The van der Waals surface area contributed by atoms with E-state index in [1.54, 1.807) is 11.8 Å². The molecule has 0 aliphatic heterocycles. The van der Waals surface area contributed by atoms with Crippen molar-refractivity contribution in [3.63, 3.8) is 0 Å². The van der Waals surface area contributed by atoms with E-state index in [0.29, 0.717) is 0 Å². The van der Waals surface area contributed by atoms with Crippen LogP contribution >= 0.6 is 11.8 Å². The van der Waals surface area contributed by atoms with Gasteiger partial charge in [-0.2, -0.15) is 5.10 Å².